The topological polar surface area (TPSA) is 124 Å². The Hall–Kier alpha value is -5.16. The number of amides is 1. The van der Waals surface area contributed by atoms with Crippen molar-refractivity contribution in [2.45, 2.75) is 58.2 Å². The van der Waals surface area contributed by atoms with Crippen molar-refractivity contribution in [1.82, 2.24) is 24.6 Å². The molecule has 3 aromatic heterocycles. The first-order valence-electron chi connectivity index (χ1n) is 15.7. The standard InChI is InChI=1S/C36H40N6O5/c1-36(2,3)47-35(44)42-20-19-28(29(43)21-42)37-30-17-15-26-32(40-41(4)33(26)38-30)27-16-18-31(45-22-24-11-7-5-8-12-24)39-34(27)46-23-25-13-9-6-10-14-25/h5-18,28-29,43H,19-23H2,1-4H3,(H,37,38)/t28-,29-/m1/s1. The number of carbonyl (C=O) groups is 1. The van der Waals surface area contributed by atoms with E-state index in [1.807, 2.05) is 113 Å². The lowest BCUT2D eigenvalue weighted by Gasteiger charge is -2.37. The molecule has 5 aromatic rings. The largest absolute Gasteiger partial charge is 0.473 e. The zero-order valence-electron chi connectivity index (χ0n) is 27.1. The van der Waals surface area contributed by atoms with Crippen LogP contribution in [0.5, 0.6) is 11.8 Å². The van der Waals surface area contributed by atoms with Gasteiger partial charge in [-0.05, 0) is 56.5 Å². The smallest absolute Gasteiger partial charge is 0.410 e. The molecule has 0 saturated carbocycles. The van der Waals surface area contributed by atoms with Crippen LogP contribution in [0.2, 0.25) is 0 Å². The molecule has 0 bridgehead atoms. The van der Waals surface area contributed by atoms with E-state index in [9.17, 15) is 9.90 Å². The van der Waals surface area contributed by atoms with Crippen LogP contribution in [0.4, 0.5) is 10.6 Å². The Labute approximate surface area is 274 Å². The molecule has 2 N–H and O–H groups in total. The van der Waals surface area contributed by atoms with Crippen molar-refractivity contribution in [2.24, 2.45) is 7.05 Å². The molecule has 1 saturated heterocycles. The van der Waals surface area contributed by atoms with Crippen LogP contribution in [0.3, 0.4) is 0 Å². The Kier molecular flexibility index (Phi) is 9.26. The summed E-state index contributed by atoms with van der Waals surface area (Å²) in [6, 6.07) is 27.1. The number of aliphatic hydroxyl groups is 1. The highest BCUT2D eigenvalue weighted by Gasteiger charge is 2.33. The van der Waals surface area contributed by atoms with Crippen molar-refractivity contribution >= 4 is 22.9 Å². The third-order valence-electron chi connectivity index (χ3n) is 7.79. The number of pyridine rings is 2. The molecule has 0 spiro atoms. The predicted molar refractivity (Wildman–Crippen MR) is 179 cm³/mol. The van der Waals surface area contributed by atoms with E-state index in [1.165, 1.54) is 0 Å². The molecule has 0 aliphatic carbocycles. The molecule has 1 aliphatic rings. The number of fused-ring (bicyclic) bond motifs is 1. The molecule has 47 heavy (non-hydrogen) atoms. The second-order valence-corrected chi connectivity index (χ2v) is 12.6. The molecule has 1 aliphatic heterocycles. The number of aromatic nitrogens is 4. The fourth-order valence-electron chi connectivity index (χ4n) is 5.44. The van der Waals surface area contributed by atoms with Gasteiger partial charge in [-0.15, -0.1) is 0 Å². The van der Waals surface area contributed by atoms with Crippen LogP contribution >= 0.6 is 0 Å². The molecule has 6 rings (SSSR count). The molecular weight excluding hydrogens is 596 g/mol. The van der Waals surface area contributed by atoms with Gasteiger partial charge in [-0.1, -0.05) is 60.7 Å². The summed E-state index contributed by atoms with van der Waals surface area (Å²) in [5.41, 5.74) is 3.50. The number of anilines is 1. The van der Waals surface area contributed by atoms with Crippen LogP contribution in [0.15, 0.2) is 84.9 Å². The van der Waals surface area contributed by atoms with E-state index in [2.05, 4.69) is 5.32 Å². The third-order valence-corrected chi connectivity index (χ3v) is 7.79. The molecule has 2 aromatic carbocycles. The highest BCUT2D eigenvalue weighted by molar-refractivity contribution is 5.93. The fourth-order valence-corrected chi connectivity index (χ4v) is 5.44. The summed E-state index contributed by atoms with van der Waals surface area (Å²) >= 11 is 0. The van der Waals surface area contributed by atoms with Crippen LogP contribution in [0, 0.1) is 0 Å². The number of likely N-dealkylation sites (tertiary alicyclic amines) is 1. The normalized spacial score (nSPS) is 16.6. The van der Waals surface area contributed by atoms with E-state index in [0.29, 0.717) is 60.7 Å². The highest BCUT2D eigenvalue weighted by atomic mass is 16.6. The molecule has 1 amide bonds. The predicted octanol–water partition coefficient (Wildman–Crippen LogP) is 5.97. The summed E-state index contributed by atoms with van der Waals surface area (Å²) in [6.45, 7) is 6.83. The van der Waals surface area contributed by atoms with Gasteiger partial charge in [-0.3, -0.25) is 0 Å². The van der Waals surface area contributed by atoms with E-state index < -0.39 is 17.8 Å². The van der Waals surface area contributed by atoms with Crippen LogP contribution in [-0.4, -0.2) is 66.7 Å². The average molecular weight is 637 g/mol. The van der Waals surface area contributed by atoms with Crippen molar-refractivity contribution in [3.8, 4) is 23.0 Å². The molecule has 11 nitrogen and oxygen atoms in total. The number of aryl methyl sites for hydroxylation is 1. The molecule has 2 atom stereocenters. The molecule has 0 unspecified atom stereocenters. The highest BCUT2D eigenvalue weighted by Crippen LogP contribution is 2.35. The fraction of sp³-hybridized carbons (Fsp3) is 0.333. The van der Waals surface area contributed by atoms with Crippen LogP contribution < -0.4 is 14.8 Å². The maximum Gasteiger partial charge on any atom is 0.410 e. The van der Waals surface area contributed by atoms with E-state index >= 15 is 0 Å². The Morgan fingerprint density at radius 2 is 1.60 bits per heavy atom. The first-order chi connectivity index (χ1) is 22.6. The van der Waals surface area contributed by atoms with E-state index in [-0.39, 0.29) is 12.6 Å². The van der Waals surface area contributed by atoms with Crippen molar-refractivity contribution in [2.75, 3.05) is 18.4 Å². The van der Waals surface area contributed by atoms with Gasteiger partial charge in [0.1, 0.15) is 30.3 Å². The zero-order chi connectivity index (χ0) is 33.0. The minimum Gasteiger partial charge on any atom is -0.473 e. The Morgan fingerprint density at radius 1 is 0.915 bits per heavy atom. The van der Waals surface area contributed by atoms with Gasteiger partial charge in [-0.2, -0.15) is 10.1 Å². The number of aliphatic hydroxyl groups excluding tert-OH is 1. The summed E-state index contributed by atoms with van der Waals surface area (Å²) in [5.74, 6) is 1.45. The molecule has 244 valence electrons. The average Bonchev–Trinajstić information content (AvgIpc) is 3.39. The number of benzene rings is 2. The maximum atomic E-state index is 12.5. The Balaban J connectivity index is 1.22. The number of nitrogens with zero attached hydrogens (tertiary/aromatic N) is 5. The van der Waals surface area contributed by atoms with Gasteiger partial charge in [0.25, 0.3) is 0 Å². The van der Waals surface area contributed by atoms with Gasteiger partial charge in [0, 0.05) is 25.0 Å². The number of rotatable bonds is 9. The number of nitrogens with one attached hydrogen (secondary N) is 1. The minimum atomic E-state index is -0.783. The van der Waals surface area contributed by atoms with Crippen LogP contribution in [0.1, 0.15) is 38.3 Å². The number of hydrogen-bond donors (Lipinski definition) is 2. The van der Waals surface area contributed by atoms with Gasteiger partial charge in [-0.25, -0.2) is 14.5 Å². The van der Waals surface area contributed by atoms with Crippen LogP contribution in [0.25, 0.3) is 22.3 Å². The lowest BCUT2D eigenvalue weighted by molar-refractivity contribution is 0.00116. The summed E-state index contributed by atoms with van der Waals surface area (Å²) < 4.78 is 19.5. The molecular formula is C36H40N6O5. The zero-order valence-corrected chi connectivity index (χ0v) is 27.1. The summed E-state index contributed by atoms with van der Waals surface area (Å²) in [7, 11) is 1.84. The van der Waals surface area contributed by atoms with Crippen LogP contribution in [-0.2, 0) is 25.0 Å². The summed E-state index contributed by atoms with van der Waals surface area (Å²) in [4.78, 5) is 23.6. The first kappa shape index (κ1) is 31.8. The second kappa shape index (κ2) is 13.7. The monoisotopic (exact) mass is 636 g/mol. The van der Waals surface area contributed by atoms with Crippen molar-refractivity contribution in [3.63, 3.8) is 0 Å². The minimum absolute atomic E-state index is 0.175. The number of carbonyl (C=O) groups excluding carboxylic acids is 1. The second-order valence-electron chi connectivity index (χ2n) is 12.6. The quantitative estimate of drug-likeness (QED) is 0.201. The molecule has 11 heteroatoms. The van der Waals surface area contributed by atoms with E-state index in [1.54, 1.807) is 9.58 Å². The van der Waals surface area contributed by atoms with Gasteiger partial charge in [0.2, 0.25) is 11.8 Å². The number of hydrogen-bond acceptors (Lipinski definition) is 9. The number of β-amino-alcohol motifs (C(OH)–C–C–N with tert-alkyl or cyclic N) is 1. The maximum absolute atomic E-state index is 12.5. The van der Waals surface area contributed by atoms with Gasteiger partial charge >= 0.3 is 6.09 Å². The molecule has 4 heterocycles. The first-order valence-corrected chi connectivity index (χ1v) is 15.7. The Morgan fingerprint density at radius 3 is 2.26 bits per heavy atom. The van der Waals surface area contributed by atoms with Crippen molar-refractivity contribution in [3.05, 3.63) is 96.1 Å². The van der Waals surface area contributed by atoms with Gasteiger partial charge in [0.05, 0.1) is 24.3 Å². The number of ether oxygens (including phenoxy) is 3. The lowest BCUT2D eigenvalue weighted by Crippen LogP contribution is -2.52. The summed E-state index contributed by atoms with van der Waals surface area (Å²) in [5, 5.41) is 19.9. The van der Waals surface area contributed by atoms with E-state index in [4.69, 9.17) is 29.3 Å². The van der Waals surface area contributed by atoms with Gasteiger partial charge < -0.3 is 29.5 Å². The lowest BCUT2D eigenvalue weighted by atomic mass is 10.0. The van der Waals surface area contributed by atoms with Crippen molar-refractivity contribution < 1.29 is 24.1 Å². The Bertz CT molecular complexity index is 1820. The molecule has 0 radical (unpaired) electrons. The molecule has 1 fully saturated rings. The SMILES string of the molecule is Cn1nc(-c2ccc(OCc3ccccc3)nc2OCc2ccccc2)c2ccc(N[C@@H]3CCN(C(=O)OC(C)(C)C)C[C@H]3O)nc21. The third kappa shape index (κ3) is 7.81. The van der Waals surface area contributed by atoms with Gasteiger partial charge in [0.15, 0.2) is 5.65 Å². The van der Waals surface area contributed by atoms with E-state index in [0.717, 1.165) is 16.5 Å². The summed E-state index contributed by atoms with van der Waals surface area (Å²) in [6.07, 6.45) is -0.660. The number of piperidine rings is 1. The van der Waals surface area contributed by atoms with Crippen molar-refractivity contribution in [1.29, 1.82) is 0 Å².